The Labute approximate surface area is 110 Å². The highest BCUT2D eigenvalue weighted by Gasteiger charge is 2.18. The smallest absolute Gasteiger partial charge is 0.139 e. The molecule has 5 heteroatoms. The number of aryl methyl sites for hydroxylation is 1. The molecule has 0 bridgehead atoms. The first-order chi connectivity index (χ1) is 9.29. The minimum absolute atomic E-state index is 0.875. The van der Waals surface area contributed by atoms with E-state index < -0.39 is 0 Å². The van der Waals surface area contributed by atoms with E-state index in [0.29, 0.717) is 0 Å². The molecule has 5 nitrogen and oxygen atoms in total. The molecule has 96 valence electrons. The second kappa shape index (κ2) is 3.85. The lowest BCUT2D eigenvalue weighted by Gasteiger charge is -2.28. The molecule has 0 saturated carbocycles. The lowest BCUT2D eigenvalue weighted by Crippen LogP contribution is -2.34. The molecule has 0 spiro atoms. The van der Waals surface area contributed by atoms with E-state index >= 15 is 0 Å². The topological polar surface area (TPSA) is 49.7 Å². The van der Waals surface area contributed by atoms with Gasteiger partial charge in [0.15, 0.2) is 0 Å². The van der Waals surface area contributed by atoms with Crippen LogP contribution in [0.1, 0.15) is 11.4 Å². The van der Waals surface area contributed by atoms with Crippen LogP contribution < -0.4 is 4.90 Å². The highest BCUT2D eigenvalue weighted by atomic mass is 15.3. The Morgan fingerprint density at radius 3 is 3.11 bits per heavy atom. The van der Waals surface area contributed by atoms with Crippen molar-refractivity contribution in [1.29, 1.82) is 0 Å². The molecule has 0 unspecified atom stereocenters. The molecule has 3 aromatic rings. The lowest BCUT2D eigenvalue weighted by atomic mass is 10.2. The fourth-order valence-corrected chi connectivity index (χ4v) is 2.70. The van der Waals surface area contributed by atoms with Gasteiger partial charge in [0.25, 0.3) is 0 Å². The number of aromatic amines is 1. The number of H-pyrrole nitrogens is 1. The molecule has 0 atom stereocenters. The standard InChI is InChI=1S/C14H15N5/c1-10-8-12-9-18(6-7-19(12)17-10)13-3-2-11-4-5-15-14(11)16-13/h2-5,8H,6-7,9H2,1H3,(H,15,16). The number of anilines is 1. The van der Waals surface area contributed by atoms with Gasteiger partial charge in [0.1, 0.15) is 11.5 Å². The molecule has 4 rings (SSSR count). The third-order valence-electron chi connectivity index (χ3n) is 3.64. The molecule has 0 aliphatic carbocycles. The maximum Gasteiger partial charge on any atom is 0.139 e. The van der Waals surface area contributed by atoms with Gasteiger partial charge in [0, 0.05) is 18.1 Å². The van der Waals surface area contributed by atoms with E-state index in [1.165, 1.54) is 5.69 Å². The van der Waals surface area contributed by atoms with Gasteiger partial charge in [-0.1, -0.05) is 0 Å². The zero-order valence-electron chi connectivity index (χ0n) is 10.8. The maximum absolute atomic E-state index is 4.68. The zero-order chi connectivity index (χ0) is 12.8. The van der Waals surface area contributed by atoms with E-state index in [0.717, 1.165) is 42.2 Å². The Kier molecular flexibility index (Phi) is 2.15. The highest BCUT2D eigenvalue weighted by Crippen LogP contribution is 2.21. The van der Waals surface area contributed by atoms with Crippen molar-refractivity contribution in [2.75, 3.05) is 11.4 Å². The van der Waals surface area contributed by atoms with Crippen LogP contribution in [0.15, 0.2) is 30.5 Å². The van der Waals surface area contributed by atoms with Crippen LogP contribution in [-0.4, -0.2) is 26.3 Å². The molecule has 4 heterocycles. The van der Waals surface area contributed by atoms with Gasteiger partial charge in [0.2, 0.25) is 0 Å². The summed E-state index contributed by atoms with van der Waals surface area (Å²) in [5.74, 6) is 1.03. The average Bonchev–Trinajstić information content (AvgIpc) is 3.01. The Balaban J connectivity index is 1.69. The van der Waals surface area contributed by atoms with Gasteiger partial charge >= 0.3 is 0 Å². The molecule has 0 amide bonds. The monoisotopic (exact) mass is 253 g/mol. The van der Waals surface area contributed by atoms with Crippen molar-refractivity contribution < 1.29 is 0 Å². The van der Waals surface area contributed by atoms with Crippen LogP contribution in [0.5, 0.6) is 0 Å². The SMILES string of the molecule is Cc1cc2n(n1)CCN(c1ccc3cc[nH]c3n1)C2. The zero-order valence-corrected chi connectivity index (χ0v) is 10.8. The second-order valence-corrected chi connectivity index (χ2v) is 5.01. The van der Waals surface area contributed by atoms with Gasteiger partial charge < -0.3 is 9.88 Å². The minimum Gasteiger partial charge on any atom is -0.349 e. The first-order valence-electron chi connectivity index (χ1n) is 6.52. The average molecular weight is 253 g/mol. The van der Waals surface area contributed by atoms with E-state index in [1.807, 2.05) is 19.2 Å². The molecule has 1 aliphatic heterocycles. The van der Waals surface area contributed by atoms with Crippen molar-refractivity contribution in [3.63, 3.8) is 0 Å². The summed E-state index contributed by atoms with van der Waals surface area (Å²) in [5, 5.41) is 5.64. The molecule has 1 N–H and O–H groups in total. The summed E-state index contributed by atoms with van der Waals surface area (Å²) in [5.41, 5.74) is 3.30. The van der Waals surface area contributed by atoms with Crippen LogP contribution in [-0.2, 0) is 13.1 Å². The number of aromatic nitrogens is 4. The van der Waals surface area contributed by atoms with Crippen LogP contribution in [0.3, 0.4) is 0 Å². The van der Waals surface area contributed by atoms with E-state index in [-0.39, 0.29) is 0 Å². The first kappa shape index (κ1) is 10.6. The summed E-state index contributed by atoms with van der Waals surface area (Å²) in [6.07, 6.45) is 1.93. The minimum atomic E-state index is 0.875. The maximum atomic E-state index is 4.68. The molecule has 3 aromatic heterocycles. The second-order valence-electron chi connectivity index (χ2n) is 5.01. The number of nitrogens with one attached hydrogen (secondary N) is 1. The fourth-order valence-electron chi connectivity index (χ4n) is 2.70. The van der Waals surface area contributed by atoms with Gasteiger partial charge in [-0.3, -0.25) is 4.68 Å². The summed E-state index contributed by atoms with van der Waals surface area (Å²) >= 11 is 0. The van der Waals surface area contributed by atoms with Crippen LogP contribution in [0.25, 0.3) is 11.0 Å². The Morgan fingerprint density at radius 2 is 2.16 bits per heavy atom. The molecule has 19 heavy (non-hydrogen) atoms. The predicted octanol–water partition coefficient (Wildman–Crippen LogP) is 2.09. The predicted molar refractivity (Wildman–Crippen MR) is 74.1 cm³/mol. The fraction of sp³-hybridized carbons (Fsp3) is 0.286. The van der Waals surface area contributed by atoms with Crippen molar-refractivity contribution in [3.8, 4) is 0 Å². The molecule has 0 aromatic carbocycles. The van der Waals surface area contributed by atoms with E-state index in [2.05, 4.69) is 42.8 Å². The summed E-state index contributed by atoms with van der Waals surface area (Å²) in [6, 6.07) is 8.40. The van der Waals surface area contributed by atoms with Crippen molar-refractivity contribution >= 4 is 16.9 Å². The van der Waals surface area contributed by atoms with E-state index in [4.69, 9.17) is 0 Å². The summed E-state index contributed by atoms with van der Waals surface area (Å²) in [7, 11) is 0. The number of hydrogen-bond acceptors (Lipinski definition) is 3. The third-order valence-corrected chi connectivity index (χ3v) is 3.64. The number of nitrogens with zero attached hydrogens (tertiary/aromatic N) is 4. The Bertz CT molecular complexity index is 739. The molecular formula is C14H15N5. The number of hydrogen-bond donors (Lipinski definition) is 1. The number of fused-ring (bicyclic) bond motifs is 2. The molecule has 0 radical (unpaired) electrons. The lowest BCUT2D eigenvalue weighted by molar-refractivity contribution is 0.515. The Hall–Kier alpha value is -2.30. The van der Waals surface area contributed by atoms with Crippen LogP contribution in [0.2, 0.25) is 0 Å². The molecule has 1 aliphatic rings. The van der Waals surface area contributed by atoms with E-state index in [9.17, 15) is 0 Å². The largest absolute Gasteiger partial charge is 0.349 e. The van der Waals surface area contributed by atoms with Crippen molar-refractivity contribution in [2.45, 2.75) is 20.0 Å². The van der Waals surface area contributed by atoms with Gasteiger partial charge in [-0.2, -0.15) is 5.10 Å². The quantitative estimate of drug-likeness (QED) is 0.722. The normalized spacial score (nSPS) is 14.9. The molecule has 0 fully saturated rings. The van der Waals surface area contributed by atoms with Crippen LogP contribution >= 0.6 is 0 Å². The summed E-state index contributed by atoms with van der Waals surface area (Å²) in [6.45, 7) is 4.79. The molecular weight excluding hydrogens is 238 g/mol. The van der Waals surface area contributed by atoms with Crippen LogP contribution in [0, 0.1) is 6.92 Å². The first-order valence-corrected chi connectivity index (χ1v) is 6.52. The highest BCUT2D eigenvalue weighted by molar-refractivity contribution is 5.77. The number of rotatable bonds is 1. The number of pyridine rings is 1. The van der Waals surface area contributed by atoms with Crippen molar-refractivity contribution in [1.82, 2.24) is 19.7 Å². The Morgan fingerprint density at radius 1 is 1.21 bits per heavy atom. The van der Waals surface area contributed by atoms with Gasteiger partial charge in [0.05, 0.1) is 24.5 Å². The third kappa shape index (κ3) is 1.69. The molecule has 0 saturated heterocycles. The van der Waals surface area contributed by atoms with Gasteiger partial charge in [-0.05, 0) is 31.2 Å². The van der Waals surface area contributed by atoms with Crippen molar-refractivity contribution in [2.24, 2.45) is 0 Å². The summed E-state index contributed by atoms with van der Waals surface area (Å²) in [4.78, 5) is 10.1. The van der Waals surface area contributed by atoms with E-state index in [1.54, 1.807) is 0 Å². The van der Waals surface area contributed by atoms with Gasteiger partial charge in [-0.15, -0.1) is 0 Å². The van der Waals surface area contributed by atoms with Crippen LogP contribution in [0.4, 0.5) is 5.82 Å². The van der Waals surface area contributed by atoms with Gasteiger partial charge in [-0.25, -0.2) is 4.98 Å². The van der Waals surface area contributed by atoms with Crippen molar-refractivity contribution in [3.05, 3.63) is 41.9 Å². The summed E-state index contributed by atoms with van der Waals surface area (Å²) < 4.78 is 2.10.